The Labute approximate surface area is 126 Å². The Balaban J connectivity index is 1.95. The summed E-state index contributed by atoms with van der Waals surface area (Å²) < 4.78 is 18.2. The average molecular weight is 290 g/mol. The lowest BCUT2D eigenvalue weighted by Gasteiger charge is -2.32. The van der Waals surface area contributed by atoms with Gasteiger partial charge in [0.25, 0.3) is 0 Å². The predicted molar refractivity (Wildman–Crippen MR) is 81.5 cm³/mol. The molecule has 0 radical (unpaired) electrons. The van der Waals surface area contributed by atoms with Crippen molar-refractivity contribution in [2.45, 2.75) is 64.4 Å². The van der Waals surface area contributed by atoms with Gasteiger partial charge >= 0.3 is 7.12 Å². The number of aromatic nitrogens is 1. The molecule has 1 saturated heterocycles. The molecule has 1 aliphatic heterocycles. The first-order chi connectivity index (χ1) is 9.84. The van der Waals surface area contributed by atoms with Gasteiger partial charge in [0.05, 0.1) is 17.3 Å². The highest BCUT2D eigenvalue weighted by atomic mass is 16.7. The molecule has 6 heteroatoms. The molecule has 1 aliphatic carbocycles. The third-order valence-corrected chi connectivity index (χ3v) is 4.52. The van der Waals surface area contributed by atoms with Crippen molar-refractivity contribution in [2.24, 2.45) is 5.73 Å². The van der Waals surface area contributed by atoms with Gasteiger partial charge in [0.2, 0.25) is 0 Å². The zero-order valence-corrected chi connectivity index (χ0v) is 13.2. The summed E-state index contributed by atoms with van der Waals surface area (Å²) >= 11 is 0. The minimum absolute atomic E-state index is 0.278. The van der Waals surface area contributed by atoms with Crippen LogP contribution in [0.4, 0.5) is 0 Å². The fraction of sp³-hybridized carbons (Fsp3) is 0.667. The lowest BCUT2D eigenvalue weighted by molar-refractivity contribution is 0.00578. The molecular weight excluding hydrogens is 267 g/mol. The first-order valence-corrected chi connectivity index (χ1v) is 7.54. The molecule has 0 amide bonds. The van der Waals surface area contributed by atoms with Crippen LogP contribution in [0.25, 0.3) is 0 Å². The fourth-order valence-electron chi connectivity index (χ4n) is 2.28. The van der Waals surface area contributed by atoms with E-state index in [0.717, 1.165) is 24.2 Å². The van der Waals surface area contributed by atoms with Gasteiger partial charge in [0.1, 0.15) is 11.3 Å². The largest absolute Gasteiger partial charge is 0.518 e. The second kappa shape index (κ2) is 4.97. The summed E-state index contributed by atoms with van der Waals surface area (Å²) in [6, 6.07) is 1.90. The first-order valence-electron chi connectivity index (χ1n) is 7.54. The standard InChI is InChI=1S/C15H23BN2O3/c1-14(2)15(3,4)21-16(20-14)13-12(19-11-5-6-11)10(9-17)7-8-18-13/h7-8,11H,5-6,9,17H2,1-4H3. The highest BCUT2D eigenvalue weighted by Crippen LogP contribution is 2.37. The van der Waals surface area contributed by atoms with Crippen molar-refractivity contribution in [3.8, 4) is 5.75 Å². The molecule has 114 valence electrons. The van der Waals surface area contributed by atoms with E-state index in [-0.39, 0.29) is 6.10 Å². The van der Waals surface area contributed by atoms with Crippen LogP contribution in [0, 0.1) is 0 Å². The van der Waals surface area contributed by atoms with Gasteiger partial charge < -0.3 is 19.8 Å². The molecule has 0 aromatic carbocycles. The molecule has 0 bridgehead atoms. The molecular formula is C15H23BN2O3. The summed E-state index contributed by atoms with van der Waals surface area (Å²) in [6.45, 7) is 8.53. The molecule has 2 N–H and O–H groups in total. The topological polar surface area (TPSA) is 66.6 Å². The molecule has 1 saturated carbocycles. The number of rotatable bonds is 4. The molecule has 1 aromatic rings. The Kier molecular flexibility index (Phi) is 3.51. The van der Waals surface area contributed by atoms with E-state index in [1.165, 1.54) is 0 Å². The number of pyridine rings is 1. The van der Waals surface area contributed by atoms with Gasteiger partial charge in [-0.15, -0.1) is 0 Å². The van der Waals surface area contributed by atoms with Crippen LogP contribution in [0.3, 0.4) is 0 Å². The van der Waals surface area contributed by atoms with Crippen LogP contribution in [-0.4, -0.2) is 29.4 Å². The monoisotopic (exact) mass is 290 g/mol. The normalized spacial score (nSPS) is 23.4. The van der Waals surface area contributed by atoms with Crippen molar-refractivity contribution in [1.82, 2.24) is 4.98 Å². The minimum Gasteiger partial charge on any atom is -0.489 e. The van der Waals surface area contributed by atoms with Crippen LogP contribution in [-0.2, 0) is 15.9 Å². The SMILES string of the molecule is CC1(C)OB(c2nccc(CN)c2OC2CC2)OC1(C)C. The highest BCUT2D eigenvalue weighted by Gasteiger charge is 2.53. The third kappa shape index (κ3) is 2.68. The Hall–Kier alpha value is -1.11. The van der Waals surface area contributed by atoms with Crippen LogP contribution >= 0.6 is 0 Å². The summed E-state index contributed by atoms with van der Waals surface area (Å²) in [5, 5.41) is 0. The summed E-state index contributed by atoms with van der Waals surface area (Å²) in [5.74, 6) is 0.737. The molecule has 5 nitrogen and oxygen atoms in total. The molecule has 2 fully saturated rings. The van der Waals surface area contributed by atoms with Gasteiger partial charge in [0.15, 0.2) is 0 Å². The van der Waals surface area contributed by atoms with Gasteiger partial charge in [-0.2, -0.15) is 0 Å². The Morgan fingerprint density at radius 2 is 1.90 bits per heavy atom. The maximum absolute atomic E-state index is 6.09. The van der Waals surface area contributed by atoms with Crippen molar-refractivity contribution < 1.29 is 14.0 Å². The minimum atomic E-state index is -0.518. The molecule has 0 unspecified atom stereocenters. The highest BCUT2D eigenvalue weighted by molar-refractivity contribution is 6.62. The zero-order chi connectivity index (χ0) is 15.3. The maximum atomic E-state index is 6.09. The summed E-state index contributed by atoms with van der Waals surface area (Å²) in [7, 11) is -0.518. The van der Waals surface area contributed by atoms with Crippen molar-refractivity contribution in [3.63, 3.8) is 0 Å². The van der Waals surface area contributed by atoms with Gasteiger partial charge in [-0.3, -0.25) is 4.98 Å². The number of hydrogen-bond acceptors (Lipinski definition) is 5. The molecule has 1 aromatic heterocycles. The number of hydrogen-bond donors (Lipinski definition) is 1. The molecule has 2 heterocycles. The molecule has 0 atom stereocenters. The molecule has 0 spiro atoms. The van der Waals surface area contributed by atoms with E-state index >= 15 is 0 Å². The lowest BCUT2D eigenvalue weighted by Crippen LogP contribution is -2.41. The zero-order valence-electron chi connectivity index (χ0n) is 13.2. The van der Waals surface area contributed by atoms with Gasteiger partial charge in [-0.25, -0.2) is 0 Å². The van der Waals surface area contributed by atoms with Crippen LogP contribution in [0.2, 0.25) is 0 Å². The van der Waals surface area contributed by atoms with Crippen LogP contribution in [0.15, 0.2) is 12.3 Å². The Bertz CT molecular complexity index is 528. The van der Waals surface area contributed by atoms with Crippen molar-refractivity contribution in [1.29, 1.82) is 0 Å². The second-order valence-corrected chi connectivity index (χ2v) is 6.79. The third-order valence-electron chi connectivity index (χ3n) is 4.52. The van der Waals surface area contributed by atoms with E-state index < -0.39 is 18.3 Å². The van der Waals surface area contributed by atoms with Crippen molar-refractivity contribution in [3.05, 3.63) is 17.8 Å². The number of ether oxygens (including phenoxy) is 1. The predicted octanol–water partition coefficient (Wildman–Crippen LogP) is 1.38. The molecule has 3 rings (SSSR count). The quantitative estimate of drug-likeness (QED) is 0.849. The number of nitrogens with two attached hydrogens (primary N) is 1. The van der Waals surface area contributed by atoms with Gasteiger partial charge in [0, 0.05) is 18.3 Å². The lowest BCUT2D eigenvalue weighted by atomic mass is 9.82. The van der Waals surface area contributed by atoms with Gasteiger partial charge in [-0.1, -0.05) is 0 Å². The van der Waals surface area contributed by atoms with Crippen molar-refractivity contribution >= 4 is 12.7 Å². The molecule has 21 heavy (non-hydrogen) atoms. The van der Waals surface area contributed by atoms with E-state index in [1.807, 2.05) is 33.8 Å². The summed E-state index contributed by atoms with van der Waals surface area (Å²) in [6.07, 6.45) is 4.19. The van der Waals surface area contributed by atoms with Crippen LogP contribution in [0.1, 0.15) is 46.1 Å². The Morgan fingerprint density at radius 3 is 2.43 bits per heavy atom. The Morgan fingerprint density at radius 1 is 1.29 bits per heavy atom. The second-order valence-electron chi connectivity index (χ2n) is 6.79. The fourth-order valence-corrected chi connectivity index (χ4v) is 2.28. The smallest absolute Gasteiger partial charge is 0.489 e. The summed E-state index contributed by atoms with van der Waals surface area (Å²) in [5.41, 5.74) is 6.69. The number of nitrogens with zero attached hydrogens (tertiary/aromatic N) is 1. The maximum Gasteiger partial charge on any atom is 0.518 e. The van der Waals surface area contributed by atoms with E-state index in [1.54, 1.807) is 6.20 Å². The van der Waals surface area contributed by atoms with E-state index in [4.69, 9.17) is 19.8 Å². The van der Waals surface area contributed by atoms with E-state index in [2.05, 4.69) is 4.98 Å². The molecule has 2 aliphatic rings. The van der Waals surface area contributed by atoms with Crippen molar-refractivity contribution in [2.75, 3.05) is 0 Å². The van der Waals surface area contributed by atoms with Crippen LogP contribution in [0.5, 0.6) is 5.75 Å². The van der Waals surface area contributed by atoms with E-state index in [0.29, 0.717) is 12.1 Å². The van der Waals surface area contributed by atoms with Crippen LogP contribution < -0.4 is 16.1 Å². The average Bonchev–Trinajstić information content (AvgIpc) is 3.17. The summed E-state index contributed by atoms with van der Waals surface area (Å²) in [4.78, 5) is 4.45. The van der Waals surface area contributed by atoms with E-state index in [9.17, 15) is 0 Å². The first kappa shape index (κ1) is 14.8. The van der Waals surface area contributed by atoms with Gasteiger partial charge in [-0.05, 0) is 46.6 Å².